The zero-order valence-corrected chi connectivity index (χ0v) is 12.8. The Hall–Kier alpha value is -0.760. The molecule has 5 rings (SSSR count). The van der Waals surface area contributed by atoms with Crippen molar-refractivity contribution < 1.29 is 4.42 Å². The van der Waals surface area contributed by atoms with Crippen LogP contribution in [-0.2, 0) is 0 Å². The summed E-state index contributed by atoms with van der Waals surface area (Å²) in [6, 6.07) is 2.67. The Bertz CT molecular complexity index is 464. The molecule has 4 aliphatic rings. The Balaban J connectivity index is 1.71. The van der Waals surface area contributed by atoms with Crippen molar-refractivity contribution in [1.82, 2.24) is 5.32 Å². The molecule has 0 radical (unpaired) electrons. The Morgan fingerprint density at radius 3 is 2.60 bits per heavy atom. The minimum atomic E-state index is 0.485. The molecule has 3 unspecified atom stereocenters. The van der Waals surface area contributed by atoms with Crippen LogP contribution in [0.25, 0.3) is 0 Å². The molecule has 4 saturated carbocycles. The van der Waals surface area contributed by atoms with E-state index in [1.54, 1.807) is 0 Å². The van der Waals surface area contributed by atoms with Gasteiger partial charge in [0, 0.05) is 11.6 Å². The number of hydrogen-bond donors (Lipinski definition) is 1. The summed E-state index contributed by atoms with van der Waals surface area (Å²) in [5.41, 5.74) is 2.47. The standard InChI is InChI=1S/C18H27NO/c1-3-19-16(15-4-5-20-11-15)18-9-13-6-14(10-18)8-17(2,7-13)12-18/h4-5,11,13-14,16,19H,3,6-10,12H2,1-2H3. The zero-order chi connectivity index (χ0) is 13.8. The van der Waals surface area contributed by atoms with Gasteiger partial charge in [0.25, 0.3) is 0 Å². The van der Waals surface area contributed by atoms with Gasteiger partial charge in [0.05, 0.1) is 12.5 Å². The molecule has 20 heavy (non-hydrogen) atoms. The first-order chi connectivity index (χ1) is 9.62. The number of hydrogen-bond acceptors (Lipinski definition) is 2. The molecule has 4 bridgehead atoms. The molecule has 0 spiro atoms. The molecule has 2 heteroatoms. The van der Waals surface area contributed by atoms with Gasteiger partial charge in [-0.05, 0) is 73.8 Å². The Labute approximate surface area is 122 Å². The predicted octanol–water partition coefficient (Wildman–Crippen LogP) is 4.54. The van der Waals surface area contributed by atoms with Gasteiger partial charge >= 0.3 is 0 Å². The van der Waals surface area contributed by atoms with Crippen LogP contribution in [0.4, 0.5) is 0 Å². The van der Waals surface area contributed by atoms with Crippen molar-refractivity contribution in [2.75, 3.05) is 6.54 Å². The number of rotatable bonds is 4. The van der Waals surface area contributed by atoms with Crippen molar-refractivity contribution in [2.45, 2.75) is 58.4 Å². The third kappa shape index (κ3) is 1.88. The smallest absolute Gasteiger partial charge is 0.0950 e. The van der Waals surface area contributed by atoms with Crippen LogP contribution in [0.5, 0.6) is 0 Å². The molecule has 4 aliphatic carbocycles. The largest absolute Gasteiger partial charge is 0.472 e. The highest BCUT2D eigenvalue weighted by atomic mass is 16.3. The highest BCUT2D eigenvalue weighted by Gasteiger charge is 2.58. The summed E-state index contributed by atoms with van der Waals surface area (Å²) >= 11 is 0. The van der Waals surface area contributed by atoms with Gasteiger partial charge in [-0.15, -0.1) is 0 Å². The van der Waals surface area contributed by atoms with Crippen LogP contribution in [0, 0.1) is 22.7 Å². The fraction of sp³-hybridized carbons (Fsp3) is 0.778. The molecule has 1 N–H and O–H groups in total. The lowest BCUT2D eigenvalue weighted by molar-refractivity contribution is -0.119. The second-order valence-electron chi connectivity index (χ2n) is 8.18. The van der Waals surface area contributed by atoms with E-state index in [9.17, 15) is 0 Å². The first kappa shape index (κ1) is 12.9. The molecule has 0 aromatic carbocycles. The zero-order valence-electron chi connectivity index (χ0n) is 12.8. The number of furan rings is 1. The third-order valence-corrected chi connectivity index (χ3v) is 6.30. The normalized spacial score (nSPS) is 43.9. The Morgan fingerprint density at radius 1 is 1.30 bits per heavy atom. The fourth-order valence-electron chi connectivity index (χ4n) is 6.47. The lowest BCUT2D eigenvalue weighted by Crippen LogP contribution is -2.55. The average Bonchev–Trinajstić information content (AvgIpc) is 2.86. The molecule has 4 fully saturated rings. The molecular weight excluding hydrogens is 246 g/mol. The van der Waals surface area contributed by atoms with Gasteiger partial charge in [0.2, 0.25) is 0 Å². The van der Waals surface area contributed by atoms with E-state index in [1.807, 2.05) is 12.5 Å². The van der Waals surface area contributed by atoms with Crippen molar-refractivity contribution in [1.29, 1.82) is 0 Å². The van der Waals surface area contributed by atoms with Gasteiger partial charge in [-0.1, -0.05) is 13.8 Å². The van der Waals surface area contributed by atoms with Crippen molar-refractivity contribution in [3.05, 3.63) is 24.2 Å². The maximum atomic E-state index is 5.39. The minimum absolute atomic E-state index is 0.485. The van der Waals surface area contributed by atoms with Gasteiger partial charge in [-0.25, -0.2) is 0 Å². The van der Waals surface area contributed by atoms with Crippen LogP contribution < -0.4 is 5.32 Å². The molecule has 110 valence electrons. The third-order valence-electron chi connectivity index (χ3n) is 6.30. The van der Waals surface area contributed by atoms with E-state index in [0.29, 0.717) is 16.9 Å². The van der Waals surface area contributed by atoms with Gasteiger partial charge < -0.3 is 9.73 Å². The Kier molecular flexibility index (Phi) is 2.82. The van der Waals surface area contributed by atoms with Gasteiger partial charge in [-0.3, -0.25) is 0 Å². The summed E-state index contributed by atoms with van der Waals surface area (Å²) in [5, 5.41) is 3.80. The first-order valence-corrected chi connectivity index (χ1v) is 8.38. The van der Waals surface area contributed by atoms with Crippen LogP contribution in [0.15, 0.2) is 23.0 Å². The topological polar surface area (TPSA) is 25.2 Å². The van der Waals surface area contributed by atoms with E-state index in [1.165, 1.54) is 44.1 Å². The van der Waals surface area contributed by atoms with E-state index in [2.05, 4.69) is 25.2 Å². The van der Waals surface area contributed by atoms with E-state index in [0.717, 1.165) is 18.4 Å². The summed E-state index contributed by atoms with van der Waals surface area (Å²) in [7, 11) is 0. The van der Waals surface area contributed by atoms with Crippen molar-refractivity contribution in [3.63, 3.8) is 0 Å². The van der Waals surface area contributed by atoms with E-state index < -0.39 is 0 Å². The van der Waals surface area contributed by atoms with Crippen LogP contribution in [0.3, 0.4) is 0 Å². The first-order valence-electron chi connectivity index (χ1n) is 8.38. The maximum absolute atomic E-state index is 5.39. The molecule has 0 amide bonds. The van der Waals surface area contributed by atoms with Crippen LogP contribution in [0.2, 0.25) is 0 Å². The Morgan fingerprint density at radius 2 is 2.05 bits per heavy atom. The molecule has 1 aromatic rings. The monoisotopic (exact) mass is 273 g/mol. The minimum Gasteiger partial charge on any atom is -0.472 e. The van der Waals surface area contributed by atoms with Crippen LogP contribution in [-0.4, -0.2) is 6.54 Å². The average molecular weight is 273 g/mol. The van der Waals surface area contributed by atoms with Crippen molar-refractivity contribution in [3.8, 4) is 0 Å². The second kappa shape index (κ2) is 4.37. The summed E-state index contributed by atoms with van der Waals surface area (Å²) in [6.45, 7) is 5.83. The summed E-state index contributed by atoms with van der Waals surface area (Å²) < 4.78 is 5.39. The van der Waals surface area contributed by atoms with Gasteiger partial charge in [0.1, 0.15) is 0 Å². The molecule has 0 aliphatic heterocycles. The summed E-state index contributed by atoms with van der Waals surface area (Å²) in [6.07, 6.45) is 12.5. The van der Waals surface area contributed by atoms with E-state index in [-0.39, 0.29) is 0 Å². The van der Waals surface area contributed by atoms with E-state index >= 15 is 0 Å². The fourth-order valence-corrected chi connectivity index (χ4v) is 6.47. The summed E-state index contributed by atoms with van der Waals surface area (Å²) in [4.78, 5) is 0. The van der Waals surface area contributed by atoms with Gasteiger partial charge in [0.15, 0.2) is 0 Å². The summed E-state index contributed by atoms with van der Waals surface area (Å²) in [5.74, 6) is 1.96. The van der Waals surface area contributed by atoms with Crippen LogP contribution in [0.1, 0.15) is 64.0 Å². The molecule has 1 aromatic heterocycles. The molecule has 0 saturated heterocycles. The van der Waals surface area contributed by atoms with E-state index in [4.69, 9.17) is 4.42 Å². The SMILES string of the molecule is CCNC(c1ccoc1)C12CC3CC(CC(C)(C3)C1)C2. The highest BCUT2D eigenvalue weighted by Crippen LogP contribution is 2.68. The molecule has 2 nitrogen and oxygen atoms in total. The van der Waals surface area contributed by atoms with Crippen LogP contribution >= 0.6 is 0 Å². The van der Waals surface area contributed by atoms with Crippen molar-refractivity contribution >= 4 is 0 Å². The predicted molar refractivity (Wildman–Crippen MR) is 80.3 cm³/mol. The lowest BCUT2D eigenvalue weighted by atomic mass is 9.43. The van der Waals surface area contributed by atoms with Crippen molar-refractivity contribution in [2.24, 2.45) is 22.7 Å². The second-order valence-corrected chi connectivity index (χ2v) is 8.18. The lowest BCUT2D eigenvalue weighted by Gasteiger charge is -2.63. The number of nitrogens with one attached hydrogen (secondary N) is 1. The highest BCUT2D eigenvalue weighted by molar-refractivity contribution is 5.20. The molecule has 1 heterocycles. The quantitative estimate of drug-likeness (QED) is 0.871. The maximum Gasteiger partial charge on any atom is 0.0950 e. The van der Waals surface area contributed by atoms with Gasteiger partial charge in [-0.2, -0.15) is 0 Å². The molecular formula is C18H27NO. The molecule has 3 atom stereocenters.